The predicted octanol–water partition coefficient (Wildman–Crippen LogP) is 7.12. The molecule has 2 aromatic carbocycles. The van der Waals surface area contributed by atoms with Gasteiger partial charge in [-0.2, -0.15) is 0 Å². The van der Waals surface area contributed by atoms with Crippen molar-refractivity contribution in [1.82, 2.24) is 15.3 Å². The number of alkyl carbamates (subject to hydrolysis) is 1. The van der Waals surface area contributed by atoms with E-state index >= 15 is 0 Å². The van der Waals surface area contributed by atoms with Gasteiger partial charge >= 0.3 is 6.09 Å². The number of anilines is 2. The second-order valence-electron chi connectivity index (χ2n) is 12.6. The Kier molecular flexibility index (Phi) is 9.62. The van der Waals surface area contributed by atoms with Crippen molar-refractivity contribution in [2.75, 3.05) is 49.7 Å². The van der Waals surface area contributed by atoms with E-state index < -0.39 is 6.09 Å². The summed E-state index contributed by atoms with van der Waals surface area (Å²) in [4.78, 5) is 39.7. The molecular formula is C35H39N5O4S2. The fraction of sp³-hybridized carbons (Fsp3) is 0.343. The van der Waals surface area contributed by atoms with Gasteiger partial charge in [0.25, 0.3) is 0 Å². The average Bonchev–Trinajstić information content (AvgIpc) is 3.04. The number of hydrogen-bond acceptors (Lipinski definition) is 9. The number of nitrogens with zero attached hydrogens (tertiary/aromatic N) is 2. The third kappa shape index (κ3) is 7.89. The highest BCUT2D eigenvalue weighted by Crippen LogP contribution is 2.52. The summed E-state index contributed by atoms with van der Waals surface area (Å²) < 4.78 is 10.9. The van der Waals surface area contributed by atoms with E-state index in [1.54, 1.807) is 29.6 Å². The van der Waals surface area contributed by atoms with Crippen LogP contribution in [0.5, 0.6) is 0 Å². The molecule has 0 bridgehead atoms. The largest absolute Gasteiger partial charge is 0.449 e. The van der Waals surface area contributed by atoms with Crippen LogP contribution in [0.25, 0.3) is 11.3 Å². The van der Waals surface area contributed by atoms with Gasteiger partial charge in [0.15, 0.2) is 0 Å². The van der Waals surface area contributed by atoms with E-state index in [9.17, 15) is 9.59 Å². The summed E-state index contributed by atoms with van der Waals surface area (Å²) in [6.07, 6.45) is -0.448. The molecule has 1 fully saturated rings. The number of fused-ring (bicyclic) bond motifs is 2. The maximum atomic E-state index is 12.7. The van der Waals surface area contributed by atoms with Gasteiger partial charge in [0, 0.05) is 67.9 Å². The Labute approximate surface area is 277 Å². The van der Waals surface area contributed by atoms with Crippen molar-refractivity contribution in [2.24, 2.45) is 5.41 Å². The third-order valence-corrected chi connectivity index (χ3v) is 10.1. The summed E-state index contributed by atoms with van der Waals surface area (Å²) in [5.74, 6) is 0. The van der Waals surface area contributed by atoms with Crippen LogP contribution in [0.2, 0.25) is 0 Å². The molecular weight excluding hydrogens is 619 g/mol. The molecule has 11 heteroatoms. The van der Waals surface area contributed by atoms with Gasteiger partial charge in [-0.25, -0.2) is 4.79 Å². The molecule has 240 valence electrons. The molecule has 1 atom stereocenters. The SMILES string of the molecule is Cc1cccc(C(CNC(=O)OCC(C)(C)C)Nc2ccc3c(c2)Sc2cccc(-c4cc(N5CCOCC5)cc(=O)[nH]4)c2S3)n1. The first-order valence-electron chi connectivity index (χ1n) is 15.4. The van der Waals surface area contributed by atoms with Crippen molar-refractivity contribution in [2.45, 2.75) is 53.3 Å². The van der Waals surface area contributed by atoms with Crippen molar-refractivity contribution in [3.8, 4) is 11.3 Å². The third-order valence-electron chi connectivity index (χ3n) is 7.54. The Morgan fingerprint density at radius 3 is 2.61 bits per heavy atom. The molecule has 4 aromatic rings. The minimum absolute atomic E-state index is 0.115. The Hall–Kier alpha value is -3.93. The number of ether oxygens (including phenoxy) is 2. The number of carbonyl (C=O) groups is 1. The second kappa shape index (κ2) is 13.8. The zero-order valence-corrected chi connectivity index (χ0v) is 28.1. The van der Waals surface area contributed by atoms with Gasteiger partial charge in [0.1, 0.15) is 0 Å². The number of morpholine rings is 1. The quantitative estimate of drug-likeness (QED) is 0.161. The molecule has 2 aliphatic rings. The van der Waals surface area contributed by atoms with Crippen LogP contribution in [-0.4, -0.2) is 55.5 Å². The predicted molar refractivity (Wildman–Crippen MR) is 184 cm³/mol. The van der Waals surface area contributed by atoms with Crippen molar-refractivity contribution in [1.29, 1.82) is 0 Å². The highest BCUT2D eigenvalue weighted by Gasteiger charge is 2.24. The zero-order valence-electron chi connectivity index (χ0n) is 26.5. The standard InChI is InChI=1S/C35H39N5O4S2/c1-22-7-5-9-26(37-22)28(20-36-34(42)44-21-35(2,3)4)38-23-11-12-29-31(17-23)45-30-10-6-8-25(33(30)46-29)27-18-24(19-32(41)39-27)40-13-15-43-16-14-40/h5-12,17-19,28,38H,13-16,20-21H2,1-4H3,(H,36,42)(H,39,41). The Bertz CT molecular complexity index is 1780. The molecule has 4 heterocycles. The summed E-state index contributed by atoms with van der Waals surface area (Å²) in [7, 11) is 0. The summed E-state index contributed by atoms with van der Waals surface area (Å²) in [5, 5.41) is 6.51. The molecule has 1 amide bonds. The number of nitrogens with one attached hydrogen (secondary N) is 3. The maximum absolute atomic E-state index is 12.7. The van der Waals surface area contributed by atoms with Crippen LogP contribution >= 0.6 is 23.5 Å². The number of carbonyl (C=O) groups excluding carboxylic acids is 1. The highest BCUT2D eigenvalue weighted by atomic mass is 32.2. The first-order chi connectivity index (χ1) is 22.1. The number of pyridine rings is 2. The van der Waals surface area contributed by atoms with Gasteiger partial charge in [0.05, 0.1) is 37.3 Å². The van der Waals surface area contributed by atoms with E-state index in [-0.39, 0.29) is 17.0 Å². The molecule has 3 N–H and O–H groups in total. The molecule has 0 radical (unpaired) electrons. The maximum Gasteiger partial charge on any atom is 0.407 e. The van der Waals surface area contributed by atoms with E-state index in [0.29, 0.717) is 26.4 Å². The van der Waals surface area contributed by atoms with Crippen molar-refractivity contribution < 1.29 is 14.3 Å². The molecule has 0 aliphatic carbocycles. The van der Waals surface area contributed by atoms with Crippen LogP contribution in [0.3, 0.4) is 0 Å². The molecule has 46 heavy (non-hydrogen) atoms. The van der Waals surface area contributed by atoms with E-state index in [0.717, 1.165) is 66.7 Å². The van der Waals surface area contributed by atoms with Gasteiger partial charge < -0.3 is 30.0 Å². The van der Waals surface area contributed by atoms with Crippen LogP contribution in [0.15, 0.2) is 91.1 Å². The molecule has 1 unspecified atom stereocenters. The minimum atomic E-state index is -0.448. The lowest BCUT2D eigenvalue weighted by Crippen LogP contribution is -2.36. The number of hydrogen-bond donors (Lipinski definition) is 3. The number of H-pyrrole nitrogens is 1. The lowest BCUT2D eigenvalue weighted by Gasteiger charge is -2.29. The summed E-state index contributed by atoms with van der Waals surface area (Å²) >= 11 is 3.42. The summed E-state index contributed by atoms with van der Waals surface area (Å²) in [5.41, 5.74) is 5.16. The van der Waals surface area contributed by atoms with Crippen LogP contribution < -0.4 is 21.1 Å². The van der Waals surface area contributed by atoms with Gasteiger partial charge in [-0.3, -0.25) is 9.78 Å². The number of aromatic nitrogens is 2. The van der Waals surface area contributed by atoms with E-state index in [4.69, 9.17) is 14.5 Å². The second-order valence-corrected chi connectivity index (χ2v) is 14.8. The fourth-order valence-electron chi connectivity index (χ4n) is 5.29. The van der Waals surface area contributed by atoms with Gasteiger partial charge in [0.2, 0.25) is 5.56 Å². The number of rotatable bonds is 8. The Balaban J connectivity index is 1.22. The van der Waals surface area contributed by atoms with Crippen molar-refractivity contribution in [3.63, 3.8) is 0 Å². The topological polar surface area (TPSA) is 109 Å². The highest BCUT2D eigenvalue weighted by molar-refractivity contribution is 8.05. The minimum Gasteiger partial charge on any atom is -0.449 e. The molecule has 0 saturated carbocycles. The number of amides is 1. The van der Waals surface area contributed by atoms with E-state index in [2.05, 4.69) is 56.9 Å². The number of aromatic amines is 1. The van der Waals surface area contributed by atoms with Crippen molar-refractivity contribution >= 4 is 41.0 Å². The van der Waals surface area contributed by atoms with Crippen LogP contribution in [-0.2, 0) is 9.47 Å². The number of benzene rings is 2. The first kappa shape index (κ1) is 32.0. The molecule has 6 rings (SSSR count). The summed E-state index contributed by atoms with van der Waals surface area (Å²) in [6.45, 7) is 11.5. The normalized spacial score (nSPS) is 15.0. The lowest BCUT2D eigenvalue weighted by molar-refractivity contribution is 0.106. The average molecular weight is 658 g/mol. The van der Waals surface area contributed by atoms with Gasteiger partial charge in [-0.05, 0) is 54.8 Å². The Morgan fingerprint density at radius 2 is 1.83 bits per heavy atom. The molecule has 1 saturated heterocycles. The van der Waals surface area contributed by atoms with E-state index in [1.807, 2.05) is 52.0 Å². The van der Waals surface area contributed by atoms with E-state index in [1.165, 1.54) is 0 Å². The molecule has 0 spiro atoms. The van der Waals surface area contributed by atoms with Gasteiger partial charge in [-0.1, -0.05) is 62.5 Å². The fourth-order valence-corrected chi connectivity index (χ4v) is 7.70. The first-order valence-corrected chi connectivity index (χ1v) is 17.1. The van der Waals surface area contributed by atoms with Gasteiger partial charge in [-0.15, -0.1) is 0 Å². The Morgan fingerprint density at radius 1 is 1.02 bits per heavy atom. The van der Waals surface area contributed by atoms with Crippen LogP contribution in [0, 0.1) is 12.3 Å². The molecule has 9 nitrogen and oxygen atoms in total. The summed E-state index contributed by atoms with van der Waals surface area (Å²) in [6, 6.07) is 21.9. The van der Waals surface area contributed by atoms with Crippen LogP contribution in [0.4, 0.5) is 16.2 Å². The number of aryl methyl sites for hydroxylation is 1. The smallest absolute Gasteiger partial charge is 0.407 e. The van der Waals surface area contributed by atoms with Crippen molar-refractivity contribution in [3.05, 3.63) is 88.5 Å². The van der Waals surface area contributed by atoms with Crippen LogP contribution in [0.1, 0.15) is 38.2 Å². The monoisotopic (exact) mass is 657 g/mol. The lowest BCUT2D eigenvalue weighted by atomic mass is 9.99. The molecule has 2 aliphatic heterocycles. The zero-order chi connectivity index (χ0) is 32.3. The molecule has 2 aromatic heterocycles.